The minimum absolute atomic E-state index is 0.104. The Bertz CT molecular complexity index is 634. The molecule has 0 saturated heterocycles. The second-order valence-electron chi connectivity index (χ2n) is 4.21. The highest BCUT2D eigenvalue weighted by molar-refractivity contribution is 9.10. The molecule has 0 bridgehead atoms. The summed E-state index contributed by atoms with van der Waals surface area (Å²) in [5.41, 5.74) is 1.40. The predicted molar refractivity (Wildman–Crippen MR) is 82.5 cm³/mol. The first-order valence-electron chi connectivity index (χ1n) is 6.22. The van der Waals surface area contributed by atoms with Crippen LogP contribution in [0.25, 0.3) is 0 Å². The smallest absolute Gasteiger partial charge is 0.258 e. The van der Waals surface area contributed by atoms with Gasteiger partial charge in [-0.25, -0.2) is 0 Å². The van der Waals surface area contributed by atoms with Crippen LogP contribution in [0.5, 0.6) is 0 Å². The van der Waals surface area contributed by atoms with Gasteiger partial charge in [-0.2, -0.15) is 5.26 Å². The van der Waals surface area contributed by atoms with E-state index >= 15 is 0 Å². The van der Waals surface area contributed by atoms with Crippen molar-refractivity contribution in [1.29, 1.82) is 5.26 Å². The molecule has 0 aliphatic heterocycles. The highest BCUT2D eigenvalue weighted by atomic mass is 79.9. The van der Waals surface area contributed by atoms with Crippen LogP contribution in [0.3, 0.4) is 0 Å². The molecule has 0 radical (unpaired) electrons. The van der Waals surface area contributed by atoms with Gasteiger partial charge in [0.1, 0.15) is 0 Å². The van der Waals surface area contributed by atoms with Gasteiger partial charge < -0.3 is 4.90 Å². The van der Waals surface area contributed by atoms with E-state index in [-0.39, 0.29) is 5.91 Å². The molecule has 2 aromatic rings. The molecule has 0 heterocycles. The van der Waals surface area contributed by atoms with E-state index in [1.165, 1.54) is 0 Å². The van der Waals surface area contributed by atoms with Crippen molar-refractivity contribution < 1.29 is 4.79 Å². The van der Waals surface area contributed by atoms with Gasteiger partial charge in [0.25, 0.3) is 5.91 Å². The van der Waals surface area contributed by atoms with Crippen LogP contribution < -0.4 is 4.90 Å². The monoisotopic (exact) mass is 328 g/mol. The largest absolute Gasteiger partial charge is 0.307 e. The fraction of sp³-hybridized carbons (Fsp3) is 0.125. The lowest BCUT2D eigenvalue weighted by Gasteiger charge is -2.22. The van der Waals surface area contributed by atoms with E-state index in [2.05, 4.69) is 22.0 Å². The fourth-order valence-corrected chi connectivity index (χ4v) is 2.29. The summed E-state index contributed by atoms with van der Waals surface area (Å²) in [6.45, 7) is 0.381. The first-order valence-corrected chi connectivity index (χ1v) is 7.01. The Morgan fingerprint density at radius 1 is 1.15 bits per heavy atom. The first kappa shape index (κ1) is 14.3. The molecule has 20 heavy (non-hydrogen) atoms. The zero-order chi connectivity index (χ0) is 14.4. The molecule has 2 aromatic carbocycles. The average molecular weight is 329 g/mol. The van der Waals surface area contributed by atoms with Gasteiger partial charge in [0.05, 0.1) is 12.5 Å². The van der Waals surface area contributed by atoms with Gasteiger partial charge in [0.2, 0.25) is 0 Å². The summed E-state index contributed by atoms with van der Waals surface area (Å²) in [6.07, 6.45) is 0.300. The number of rotatable bonds is 4. The number of carbonyl (C=O) groups excluding carboxylic acids is 1. The molecule has 0 unspecified atom stereocenters. The molecule has 0 N–H and O–H groups in total. The van der Waals surface area contributed by atoms with Crippen LogP contribution in [0, 0.1) is 11.3 Å². The lowest BCUT2D eigenvalue weighted by molar-refractivity contribution is 0.0987. The predicted octanol–water partition coefficient (Wildman–Crippen LogP) is 4.01. The summed E-state index contributed by atoms with van der Waals surface area (Å²) in [6, 6.07) is 18.7. The van der Waals surface area contributed by atoms with Crippen molar-refractivity contribution in [3.05, 3.63) is 64.6 Å². The van der Waals surface area contributed by atoms with Crippen molar-refractivity contribution in [2.24, 2.45) is 0 Å². The van der Waals surface area contributed by atoms with Crippen molar-refractivity contribution in [2.45, 2.75) is 6.42 Å². The normalized spacial score (nSPS) is 9.80. The van der Waals surface area contributed by atoms with Crippen molar-refractivity contribution >= 4 is 27.5 Å². The Balaban J connectivity index is 2.32. The number of carbonyl (C=O) groups is 1. The first-order chi connectivity index (χ1) is 9.72. The number of halogens is 1. The average Bonchev–Trinajstić information content (AvgIpc) is 2.48. The van der Waals surface area contributed by atoms with Gasteiger partial charge in [-0.05, 0) is 30.3 Å². The highest BCUT2D eigenvalue weighted by Gasteiger charge is 2.17. The Kier molecular flexibility index (Phi) is 4.91. The topological polar surface area (TPSA) is 44.1 Å². The van der Waals surface area contributed by atoms with Crippen LogP contribution in [-0.2, 0) is 0 Å². The molecule has 0 saturated carbocycles. The van der Waals surface area contributed by atoms with Crippen LogP contribution in [0.2, 0.25) is 0 Å². The molecule has 3 nitrogen and oxygen atoms in total. The molecule has 0 aromatic heterocycles. The second-order valence-corrected chi connectivity index (χ2v) is 5.13. The maximum Gasteiger partial charge on any atom is 0.258 e. The van der Waals surface area contributed by atoms with Crippen molar-refractivity contribution in [1.82, 2.24) is 0 Å². The van der Waals surface area contributed by atoms with Gasteiger partial charge in [0.15, 0.2) is 0 Å². The van der Waals surface area contributed by atoms with E-state index in [9.17, 15) is 4.79 Å². The van der Waals surface area contributed by atoms with Crippen LogP contribution in [0.4, 0.5) is 5.69 Å². The van der Waals surface area contributed by atoms with E-state index in [4.69, 9.17) is 5.26 Å². The van der Waals surface area contributed by atoms with Gasteiger partial charge in [-0.3, -0.25) is 4.79 Å². The maximum atomic E-state index is 12.6. The Labute approximate surface area is 126 Å². The number of nitrogens with zero attached hydrogens (tertiary/aromatic N) is 2. The fourth-order valence-electron chi connectivity index (χ4n) is 1.89. The molecule has 100 valence electrons. The lowest BCUT2D eigenvalue weighted by atomic mass is 10.1. The van der Waals surface area contributed by atoms with Crippen LogP contribution in [-0.4, -0.2) is 12.5 Å². The summed E-state index contributed by atoms with van der Waals surface area (Å²) in [5.74, 6) is -0.104. The van der Waals surface area contributed by atoms with Crippen molar-refractivity contribution in [3.63, 3.8) is 0 Å². The van der Waals surface area contributed by atoms with Crippen LogP contribution in [0.15, 0.2) is 59.1 Å². The zero-order valence-corrected chi connectivity index (χ0v) is 12.4. The summed E-state index contributed by atoms with van der Waals surface area (Å²) in [7, 11) is 0. The van der Waals surface area contributed by atoms with E-state index in [0.29, 0.717) is 18.5 Å². The van der Waals surface area contributed by atoms with Crippen LogP contribution >= 0.6 is 15.9 Å². The molecular weight excluding hydrogens is 316 g/mol. The molecule has 4 heteroatoms. The van der Waals surface area contributed by atoms with Gasteiger partial charge in [-0.1, -0.05) is 40.2 Å². The summed E-state index contributed by atoms with van der Waals surface area (Å²) >= 11 is 3.37. The third-order valence-corrected chi connectivity index (χ3v) is 3.33. The SMILES string of the molecule is N#CCCN(C(=O)c1cccc(Br)c1)c1ccccc1. The Morgan fingerprint density at radius 3 is 2.55 bits per heavy atom. The van der Waals surface area contributed by atoms with Crippen molar-refractivity contribution in [2.75, 3.05) is 11.4 Å². The number of para-hydroxylation sites is 1. The molecule has 0 aliphatic carbocycles. The number of nitriles is 1. The number of hydrogen-bond acceptors (Lipinski definition) is 2. The maximum absolute atomic E-state index is 12.6. The summed E-state index contributed by atoms with van der Waals surface area (Å²) in [4.78, 5) is 14.2. The minimum Gasteiger partial charge on any atom is -0.307 e. The summed E-state index contributed by atoms with van der Waals surface area (Å²) in [5, 5.41) is 8.76. The summed E-state index contributed by atoms with van der Waals surface area (Å²) < 4.78 is 0.858. The Morgan fingerprint density at radius 2 is 1.90 bits per heavy atom. The Hall–Kier alpha value is -2.12. The quantitative estimate of drug-likeness (QED) is 0.851. The second kappa shape index (κ2) is 6.88. The van der Waals surface area contributed by atoms with E-state index in [1.54, 1.807) is 17.0 Å². The third kappa shape index (κ3) is 3.46. The zero-order valence-electron chi connectivity index (χ0n) is 10.8. The van der Waals surface area contributed by atoms with E-state index < -0.39 is 0 Å². The molecule has 2 rings (SSSR count). The van der Waals surface area contributed by atoms with E-state index in [1.807, 2.05) is 42.5 Å². The third-order valence-electron chi connectivity index (χ3n) is 2.83. The van der Waals surface area contributed by atoms with Gasteiger partial charge in [-0.15, -0.1) is 0 Å². The molecule has 0 aliphatic rings. The number of amides is 1. The number of hydrogen-bond donors (Lipinski definition) is 0. The standard InChI is InChI=1S/C16H13BrN2O/c17-14-7-4-6-13(12-14)16(20)19(11-5-10-18)15-8-2-1-3-9-15/h1-4,6-9,12H,5,11H2. The van der Waals surface area contributed by atoms with Crippen LogP contribution in [0.1, 0.15) is 16.8 Å². The van der Waals surface area contributed by atoms with Crippen molar-refractivity contribution in [3.8, 4) is 6.07 Å². The molecule has 0 fully saturated rings. The van der Waals surface area contributed by atoms with Gasteiger partial charge in [0, 0.05) is 22.3 Å². The number of anilines is 1. The van der Waals surface area contributed by atoms with E-state index in [0.717, 1.165) is 10.2 Å². The molecule has 0 spiro atoms. The lowest BCUT2D eigenvalue weighted by Crippen LogP contribution is -2.31. The van der Waals surface area contributed by atoms with Gasteiger partial charge >= 0.3 is 0 Å². The highest BCUT2D eigenvalue weighted by Crippen LogP contribution is 2.19. The molecule has 0 atom stereocenters. The minimum atomic E-state index is -0.104. The molecule has 1 amide bonds. The molecular formula is C16H13BrN2O. The number of benzene rings is 2.